The van der Waals surface area contributed by atoms with Crippen molar-refractivity contribution in [2.45, 2.75) is 25.0 Å². The van der Waals surface area contributed by atoms with Gasteiger partial charge in [0.15, 0.2) is 0 Å². The third kappa shape index (κ3) is 2.96. The van der Waals surface area contributed by atoms with Crippen molar-refractivity contribution in [1.29, 1.82) is 5.26 Å². The van der Waals surface area contributed by atoms with E-state index in [0.29, 0.717) is 24.5 Å². The van der Waals surface area contributed by atoms with Gasteiger partial charge in [-0.3, -0.25) is 4.79 Å². The Labute approximate surface area is 105 Å². The molecule has 6 heteroatoms. The Morgan fingerprint density at radius 3 is 3.11 bits per heavy atom. The van der Waals surface area contributed by atoms with Gasteiger partial charge in [-0.2, -0.15) is 5.26 Å². The van der Waals surface area contributed by atoms with Gasteiger partial charge in [0.05, 0.1) is 6.10 Å². The summed E-state index contributed by atoms with van der Waals surface area (Å²) in [6.45, 7) is 0.547. The first-order valence-corrected chi connectivity index (χ1v) is 5.75. The number of nitrogens with two attached hydrogens (primary N) is 1. The fourth-order valence-corrected chi connectivity index (χ4v) is 1.88. The maximum Gasteiger partial charge on any atom is 0.246 e. The fourth-order valence-electron chi connectivity index (χ4n) is 1.88. The molecule has 0 aliphatic carbocycles. The quantitative estimate of drug-likeness (QED) is 0.800. The average Bonchev–Trinajstić information content (AvgIpc) is 2.85. The van der Waals surface area contributed by atoms with E-state index in [1.54, 1.807) is 18.2 Å². The molecule has 1 aliphatic rings. The van der Waals surface area contributed by atoms with Crippen molar-refractivity contribution < 1.29 is 9.53 Å². The number of nitrogens with zero attached hydrogens (tertiary/aromatic N) is 2. The molecule has 2 atom stereocenters. The van der Waals surface area contributed by atoms with Crippen molar-refractivity contribution in [3.8, 4) is 6.07 Å². The van der Waals surface area contributed by atoms with Crippen molar-refractivity contribution in [2.24, 2.45) is 5.73 Å². The summed E-state index contributed by atoms with van der Waals surface area (Å²) in [7, 11) is 0. The molecule has 0 spiro atoms. The fraction of sp³-hybridized carbons (Fsp3) is 0.417. The lowest BCUT2D eigenvalue weighted by molar-refractivity contribution is -0.128. The zero-order chi connectivity index (χ0) is 13.0. The lowest BCUT2D eigenvalue weighted by atomic mass is 10.2. The molecule has 1 fully saturated rings. The van der Waals surface area contributed by atoms with E-state index in [1.165, 1.54) is 0 Å². The summed E-state index contributed by atoms with van der Waals surface area (Å²) in [6.07, 6.45) is 0.927. The van der Waals surface area contributed by atoms with Gasteiger partial charge in [-0.25, -0.2) is 4.98 Å². The molecule has 94 valence electrons. The molecule has 18 heavy (non-hydrogen) atoms. The smallest absolute Gasteiger partial charge is 0.246 e. The highest BCUT2D eigenvalue weighted by Gasteiger charge is 2.28. The first-order valence-electron chi connectivity index (χ1n) is 5.75. The second kappa shape index (κ2) is 5.47. The van der Waals surface area contributed by atoms with Crippen LogP contribution in [0.2, 0.25) is 0 Å². The first-order chi connectivity index (χ1) is 8.69. The number of pyridine rings is 1. The third-order valence-electron chi connectivity index (χ3n) is 2.80. The van der Waals surface area contributed by atoms with Gasteiger partial charge in [-0.05, 0) is 25.0 Å². The number of anilines is 1. The molecule has 0 radical (unpaired) electrons. The Morgan fingerprint density at radius 2 is 2.44 bits per heavy atom. The molecule has 0 saturated carbocycles. The van der Waals surface area contributed by atoms with Gasteiger partial charge < -0.3 is 15.8 Å². The second-order valence-electron chi connectivity index (χ2n) is 4.13. The molecule has 2 unspecified atom stereocenters. The van der Waals surface area contributed by atoms with Crippen LogP contribution in [0.15, 0.2) is 18.2 Å². The van der Waals surface area contributed by atoms with E-state index < -0.39 is 12.0 Å². The number of hydrogen-bond donors (Lipinski definition) is 2. The molecule has 1 amide bonds. The van der Waals surface area contributed by atoms with E-state index in [0.717, 1.165) is 6.42 Å². The lowest BCUT2D eigenvalue weighted by Crippen LogP contribution is -2.30. The van der Waals surface area contributed by atoms with Gasteiger partial charge in [0, 0.05) is 6.54 Å². The number of amides is 1. The second-order valence-corrected chi connectivity index (χ2v) is 4.13. The summed E-state index contributed by atoms with van der Waals surface area (Å²) in [5, 5.41) is 11.8. The SMILES string of the molecule is N#Cc1cccc(NCC2CCC(C(N)=O)O2)n1. The predicted molar refractivity (Wildman–Crippen MR) is 64.5 cm³/mol. The topological polar surface area (TPSA) is 101 Å². The minimum absolute atomic E-state index is 0.0463. The first kappa shape index (κ1) is 12.3. The van der Waals surface area contributed by atoms with Gasteiger partial charge in [0.2, 0.25) is 5.91 Å². The Bertz CT molecular complexity index is 483. The third-order valence-corrected chi connectivity index (χ3v) is 2.80. The highest BCUT2D eigenvalue weighted by Crippen LogP contribution is 2.19. The molecule has 1 saturated heterocycles. The molecule has 1 aromatic heterocycles. The lowest BCUT2D eigenvalue weighted by Gasteiger charge is -2.12. The van der Waals surface area contributed by atoms with E-state index in [4.69, 9.17) is 15.7 Å². The highest BCUT2D eigenvalue weighted by atomic mass is 16.5. The van der Waals surface area contributed by atoms with Crippen LogP contribution in [0, 0.1) is 11.3 Å². The molecule has 0 bridgehead atoms. The van der Waals surface area contributed by atoms with Gasteiger partial charge in [0.1, 0.15) is 23.7 Å². The van der Waals surface area contributed by atoms with Crippen LogP contribution < -0.4 is 11.1 Å². The van der Waals surface area contributed by atoms with Gasteiger partial charge >= 0.3 is 0 Å². The molecule has 2 rings (SSSR count). The zero-order valence-electron chi connectivity index (χ0n) is 9.80. The number of nitriles is 1. The van der Waals surface area contributed by atoms with Crippen LogP contribution >= 0.6 is 0 Å². The molecular formula is C12H14N4O2. The average molecular weight is 246 g/mol. The van der Waals surface area contributed by atoms with Crippen molar-refractivity contribution in [1.82, 2.24) is 4.98 Å². The summed E-state index contributed by atoms with van der Waals surface area (Å²) >= 11 is 0. The van der Waals surface area contributed by atoms with Crippen molar-refractivity contribution in [3.05, 3.63) is 23.9 Å². The number of ether oxygens (including phenoxy) is 1. The summed E-state index contributed by atoms with van der Waals surface area (Å²) in [6, 6.07) is 7.15. The minimum Gasteiger partial charge on any atom is -0.367 e. The van der Waals surface area contributed by atoms with Crippen LogP contribution in [0.3, 0.4) is 0 Å². The van der Waals surface area contributed by atoms with Crippen molar-refractivity contribution in [3.63, 3.8) is 0 Å². The maximum absolute atomic E-state index is 10.9. The predicted octanol–water partition coefficient (Wildman–Crippen LogP) is 0.398. The van der Waals surface area contributed by atoms with Crippen LogP contribution in [0.5, 0.6) is 0 Å². The normalized spacial score (nSPS) is 22.4. The van der Waals surface area contributed by atoms with Crippen LogP contribution in [0.25, 0.3) is 0 Å². The molecule has 6 nitrogen and oxygen atoms in total. The Kier molecular flexibility index (Phi) is 3.75. The van der Waals surface area contributed by atoms with Crippen LogP contribution in [0.1, 0.15) is 18.5 Å². The van der Waals surface area contributed by atoms with Crippen molar-refractivity contribution >= 4 is 11.7 Å². The molecular weight excluding hydrogens is 232 g/mol. The highest BCUT2D eigenvalue weighted by molar-refractivity contribution is 5.79. The van der Waals surface area contributed by atoms with E-state index in [9.17, 15) is 4.79 Å². The number of rotatable bonds is 4. The number of carbonyl (C=O) groups is 1. The minimum atomic E-state index is -0.477. The number of primary amides is 1. The molecule has 2 heterocycles. The van der Waals surface area contributed by atoms with E-state index >= 15 is 0 Å². The van der Waals surface area contributed by atoms with E-state index in [2.05, 4.69) is 10.3 Å². The molecule has 1 aromatic rings. The molecule has 1 aliphatic heterocycles. The maximum atomic E-state index is 10.9. The summed E-state index contributed by atoms with van der Waals surface area (Å²) in [4.78, 5) is 15.0. The van der Waals surface area contributed by atoms with E-state index in [1.807, 2.05) is 6.07 Å². The summed E-state index contributed by atoms with van der Waals surface area (Å²) in [5.41, 5.74) is 5.54. The van der Waals surface area contributed by atoms with Gasteiger partial charge in [-0.1, -0.05) is 6.07 Å². The summed E-state index contributed by atoms with van der Waals surface area (Å²) in [5.74, 6) is 0.210. The number of nitrogens with one attached hydrogen (secondary N) is 1. The van der Waals surface area contributed by atoms with E-state index in [-0.39, 0.29) is 6.10 Å². The van der Waals surface area contributed by atoms with Crippen molar-refractivity contribution in [2.75, 3.05) is 11.9 Å². The van der Waals surface area contributed by atoms with Gasteiger partial charge in [-0.15, -0.1) is 0 Å². The van der Waals surface area contributed by atoms with Crippen LogP contribution in [0.4, 0.5) is 5.82 Å². The Morgan fingerprint density at radius 1 is 1.61 bits per heavy atom. The number of carbonyl (C=O) groups excluding carboxylic acids is 1. The number of hydrogen-bond acceptors (Lipinski definition) is 5. The summed E-state index contributed by atoms with van der Waals surface area (Å²) < 4.78 is 5.47. The van der Waals surface area contributed by atoms with Crippen LogP contribution in [-0.2, 0) is 9.53 Å². The molecule has 3 N–H and O–H groups in total. The van der Waals surface area contributed by atoms with Crippen LogP contribution in [-0.4, -0.2) is 29.6 Å². The zero-order valence-corrected chi connectivity index (χ0v) is 9.80. The Hall–Kier alpha value is -2.13. The monoisotopic (exact) mass is 246 g/mol. The number of aromatic nitrogens is 1. The largest absolute Gasteiger partial charge is 0.367 e. The Balaban J connectivity index is 1.85. The van der Waals surface area contributed by atoms with Gasteiger partial charge in [0.25, 0.3) is 0 Å². The standard InChI is InChI=1S/C12H14N4O2/c13-6-8-2-1-3-11(16-8)15-7-9-4-5-10(18-9)12(14)17/h1-3,9-10H,4-5,7H2,(H2,14,17)(H,15,16). The molecule has 0 aromatic carbocycles.